The summed E-state index contributed by atoms with van der Waals surface area (Å²) in [6, 6.07) is 7.83. The van der Waals surface area contributed by atoms with E-state index in [-0.39, 0.29) is 0 Å². The highest BCUT2D eigenvalue weighted by Gasteiger charge is 2.23. The van der Waals surface area contributed by atoms with E-state index in [9.17, 15) is 4.79 Å². The Hall–Kier alpha value is -2.10. The Morgan fingerprint density at radius 2 is 2.11 bits per heavy atom. The van der Waals surface area contributed by atoms with E-state index in [1.807, 2.05) is 24.3 Å². The van der Waals surface area contributed by atoms with Crippen LogP contribution in [-0.2, 0) is 11.2 Å². The number of carbonyl (C=O) groups is 1. The third-order valence-corrected chi connectivity index (χ3v) is 2.91. The number of ether oxygens (including phenoxy) is 1. The van der Waals surface area contributed by atoms with Crippen molar-refractivity contribution in [2.75, 3.05) is 7.11 Å². The number of benzene rings is 1. The van der Waals surface area contributed by atoms with Crippen LogP contribution in [0.4, 0.5) is 0 Å². The summed E-state index contributed by atoms with van der Waals surface area (Å²) in [4.78, 5) is 11.8. The Kier molecular flexibility index (Phi) is 3.46. The largest absolute Gasteiger partial charge is 0.465 e. The Morgan fingerprint density at radius 1 is 1.39 bits per heavy atom. The summed E-state index contributed by atoms with van der Waals surface area (Å²) < 4.78 is 9.89. The molecule has 0 atom stereocenters. The number of aromatic nitrogens is 1. The molecule has 18 heavy (non-hydrogen) atoms. The fraction of sp³-hybridized carbons (Fsp3) is 0.286. The molecule has 1 aromatic heterocycles. The standard InChI is InChI=1S/C14H15NO3/c1-4-10-7-5-6-8-11(10)13-12(14(16)17-3)9(2)18-15-13/h5-8H,4H2,1-3H3. The number of methoxy groups -OCH3 is 1. The summed E-state index contributed by atoms with van der Waals surface area (Å²) in [6.07, 6.45) is 0.864. The van der Waals surface area contributed by atoms with E-state index in [1.54, 1.807) is 6.92 Å². The van der Waals surface area contributed by atoms with Gasteiger partial charge in [0.2, 0.25) is 0 Å². The number of rotatable bonds is 3. The van der Waals surface area contributed by atoms with Crippen molar-refractivity contribution in [3.05, 3.63) is 41.2 Å². The van der Waals surface area contributed by atoms with Crippen molar-refractivity contribution in [1.29, 1.82) is 0 Å². The summed E-state index contributed by atoms with van der Waals surface area (Å²) >= 11 is 0. The molecular formula is C14H15NO3. The first-order chi connectivity index (χ1) is 8.69. The van der Waals surface area contributed by atoms with Crippen LogP contribution in [0.15, 0.2) is 28.8 Å². The van der Waals surface area contributed by atoms with Crippen molar-refractivity contribution < 1.29 is 14.1 Å². The Labute approximate surface area is 106 Å². The highest BCUT2D eigenvalue weighted by molar-refractivity contribution is 5.97. The molecule has 1 aromatic carbocycles. The summed E-state index contributed by atoms with van der Waals surface area (Å²) in [5.41, 5.74) is 2.99. The zero-order chi connectivity index (χ0) is 13.1. The van der Waals surface area contributed by atoms with Gasteiger partial charge in [0.05, 0.1) is 7.11 Å². The molecule has 0 bridgehead atoms. The minimum Gasteiger partial charge on any atom is -0.465 e. The maximum absolute atomic E-state index is 11.8. The molecule has 2 rings (SSSR count). The van der Waals surface area contributed by atoms with Crippen LogP contribution in [0, 0.1) is 6.92 Å². The summed E-state index contributed by atoms with van der Waals surface area (Å²) in [5.74, 6) is 0.0532. The average molecular weight is 245 g/mol. The van der Waals surface area contributed by atoms with Gasteiger partial charge in [-0.2, -0.15) is 0 Å². The second kappa shape index (κ2) is 5.04. The molecule has 94 valence electrons. The number of hydrogen-bond acceptors (Lipinski definition) is 4. The maximum Gasteiger partial charge on any atom is 0.343 e. The number of hydrogen-bond donors (Lipinski definition) is 0. The first kappa shape index (κ1) is 12.4. The van der Waals surface area contributed by atoms with Crippen molar-refractivity contribution >= 4 is 5.97 Å². The van der Waals surface area contributed by atoms with Crippen LogP contribution in [0.25, 0.3) is 11.3 Å². The highest BCUT2D eigenvalue weighted by atomic mass is 16.5. The van der Waals surface area contributed by atoms with Gasteiger partial charge in [-0.15, -0.1) is 0 Å². The predicted octanol–water partition coefficient (Wildman–Crippen LogP) is 3.00. The van der Waals surface area contributed by atoms with Gasteiger partial charge in [0, 0.05) is 5.56 Å². The zero-order valence-electron chi connectivity index (χ0n) is 10.7. The Balaban J connectivity index is 2.61. The molecule has 0 aliphatic carbocycles. The first-order valence-corrected chi connectivity index (χ1v) is 5.81. The topological polar surface area (TPSA) is 52.3 Å². The lowest BCUT2D eigenvalue weighted by Gasteiger charge is -2.05. The van der Waals surface area contributed by atoms with E-state index in [2.05, 4.69) is 12.1 Å². The molecule has 0 spiro atoms. The van der Waals surface area contributed by atoms with Gasteiger partial charge in [0.15, 0.2) is 0 Å². The first-order valence-electron chi connectivity index (χ1n) is 5.81. The normalized spacial score (nSPS) is 10.4. The fourth-order valence-electron chi connectivity index (χ4n) is 1.96. The quantitative estimate of drug-likeness (QED) is 0.780. The van der Waals surface area contributed by atoms with Crippen LogP contribution in [-0.4, -0.2) is 18.2 Å². The fourth-order valence-corrected chi connectivity index (χ4v) is 1.96. The van der Waals surface area contributed by atoms with E-state index in [0.717, 1.165) is 17.5 Å². The molecule has 0 unspecified atom stereocenters. The van der Waals surface area contributed by atoms with Crippen molar-refractivity contribution in [1.82, 2.24) is 5.16 Å². The third-order valence-electron chi connectivity index (χ3n) is 2.91. The van der Waals surface area contributed by atoms with Gasteiger partial charge < -0.3 is 9.26 Å². The molecule has 0 saturated heterocycles. The lowest BCUT2D eigenvalue weighted by Crippen LogP contribution is -2.04. The van der Waals surface area contributed by atoms with Crippen LogP contribution in [0.3, 0.4) is 0 Å². The SMILES string of the molecule is CCc1ccccc1-c1noc(C)c1C(=O)OC. The van der Waals surface area contributed by atoms with Gasteiger partial charge in [0.25, 0.3) is 0 Å². The second-order valence-corrected chi connectivity index (χ2v) is 3.96. The third kappa shape index (κ3) is 2.01. The van der Waals surface area contributed by atoms with Gasteiger partial charge in [-0.05, 0) is 18.9 Å². The van der Waals surface area contributed by atoms with E-state index in [1.165, 1.54) is 7.11 Å². The Bertz CT molecular complexity index is 572. The van der Waals surface area contributed by atoms with E-state index in [0.29, 0.717) is 17.0 Å². The molecule has 4 nitrogen and oxygen atoms in total. The molecule has 0 aliphatic heterocycles. The van der Waals surface area contributed by atoms with Crippen molar-refractivity contribution in [2.24, 2.45) is 0 Å². The molecule has 0 N–H and O–H groups in total. The molecule has 4 heteroatoms. The van der Waals surface area contributed by atoms with Gasteiger partial charge in [-0.25, -0.2) is 4.79 Å². The van der Waals surface area contributed by atoms with Crippen molar-refractivity contribution in [2.45, 2.75) is 20.3 Å². The molecular weight excluding hydrogens is 230 g/mol. The summed E-state index contributed by atoms with van der Waals surface area (Å²) in [7, 11) is 1.35. The van der Waals surface area contributed by atoms with Crippen molar-refractivity contribution in [3.63, 3.8) is 0 Å². The van der Waals surface area contributed by atoms with Gasteiger partial charge in [0.1, 0.15) is 17.0 Å². The van der Waals surface area contributed by atoms with Crippen LogP contribution in [0.2, 0.25) is 0 Å². The summed E-state index contributed by atoms with van der Waals surface area (Å²) in [6.45, 7) is 3.76. The van der Waals surface area contributed by atoms with E-state index < -0.39 is 5.97 Å². The molecule has 0 amide bonds. The lowest BCUT2D eigenvalue weighted by atomic mass is 9.99. The van der Waals surface area contributed by atoms with Gasteiger partial charge in [-0.3, -0.25) is 0 Å². The van der Waals surface area contributed by atoms with Crippen LogP contribution in [0.1, 0.15) is 28.6 Å². The van der Waals surface area contributed by atoms with Crippen molar-refractivity contribution in [3.8, 4) is 11.3 Å². The average Bonchev–Trinajstić information content (AvgIpc) is 2.79. The number of esters is 1. The molecule has 2 aromatic rings. The molecule has 0 fully saturated rings. The van der Waals surface area contributed by atoms with Crippen LogP contribution < -0.4 is 0 Å². The molecule has 1 heterocycles. The van der Waals surface area contributed by atoms with Crippen LogP contribution in [0.5, 0.6) is 0 Å². The lowest BCUT2D eigenvalue weighted by molar-refractivity contribution is 0.0599. The minimum atomic E-state index is -0.422. The number of aryl methyl sites for hydroxylation is 2. The Morgan fingerprint density at radius 3 is 2.78 bits per heavy atom. The van der Waals surface area contributed by atoms with Gasteiger partial charge >= 0.3 is 5.97 Å². The van der Waals surface area contributed by atoms with Gasteiger partial charge in [-0.1, -0.05) is 36.3 Å². The molecule has 0 saturated carbocycles. The number of nitrogens with zero attached hydrogens (tertiary/aromatic N) is 1. The predicted molar refractivity (Wildman–Crippen MR) is 67.4 cm³/mol. The maximum atomic E-state index is 11.8. The zero-order valence-corrected chi connectivity index (χ0v) is 10.7. The second-order valence-electron chi connectivity index (χ2n) is 3.96. The monoisotopic (exact) mass is 245 g/mol. The smallest absolute Gasteiger partial charge is 0.343 e. The summed E-state index contributed by atoms with van der Waals surface area (Å²) in [5, 5.41) is 3.99. The minimum absolute atomic E-state index is 0.401. The van der Waals surface area contributed by atoms with Crippen LogP contribution >= 0.6 is 0 Å². The molecule has 0 radical (unpaired) electrons. The van der Waals surface area contributed by atoms with E-state index in [4.69, 9.17) is 9.26 Å². The number of carbonyl (C=O) groups excluding carboxylic acids is 1. The van der Waals surface area contributed by atoms with E-state index >= 15 is 0 Å². The highest BCUT2D eigenvalue weighted by Crippen LogP contribution is 2.28. The molecule has 0 aliphatic rings.